The third-order valence-corrected chi connectivity index (χ3v) is 13.5. The van der Waals surface area contributed by atoms with Crippen LogP contribution in [0.5, 0.6) is 5.75 Å². The fourth-order valence-electron chi connectivity index (χ4n) is 9.62. The molecule has 4 unspecified atom stereocenters. The summed E-state index contributed by atoms with van der Waals surface area (Å²) in [6.07, 6.45) is 10.8. The Hall–Kier alpha value is -5.12. The molecule has 2 aromatic heterocycles. The Morgan fingerprint density at radius 1 is 0.881 bits per heavy atom. The molecule has 10 rings (SSSR count). The van der Waals surface area contributed by atoms with Crippen molar-refractivity contribution >= 4 is 58.3 Å². The van der Waals surface area contributed by atoms with E-state index in [1.165, 1.54) is 18.2 Å². The van der Waals surface area contributed by atoms with Crippen LogP contribution in [-0.2, 0) is 9.59 Å². The molecule has 4 atom stereocenters. The molecule has 0 radical (unpaired) electrons. The van der Waals surface area contributed by atoms with Gasteiger partial charge in [0.15, 0.2) is 11.6 Å². The molecule has 5 aliphatic heterocycles. The van der Waals surface area contributed by atoms with E-state index in [-0.39, 0.29) is 58.0 Å². The number of hydrogen-bond donors (Lipinski definition) is 2. The SMILES string of the molecule is CC(Oc1cc(-c2cnn(C3CCC(CN4CC5CCC4CN5c4cc5c(cc4F)C(=O)N(C4CCC(=O)NC4=O)C5=O)CC3)c2)cnc1N)c1c(Cl)ccc(F)c1Cl. The number of halogens is 4. The lowest BCUT2D eigenvalue weighted by Crippen LogP contribution is -2.63. The molecular formula is C42H42Cl2F2N8O5. The van der Waals surface area contributed by atoms with Gasteiger partial charge in [-0.05, 0) is 88.1 Å². The topological polar surface area (TPSA) is 156 Å². The van der Waals surface area contributed by atoms with Gasteiger partial charge >= 0.3 is 0 Å². The van der Waals surface area contributed by atoms with Crippen molar-refractivity contribution in [2.45, 2.75) is 88.6 Å². The Kier molecular flexibility index (Phi) is 10.3. The molecule has 2 aromatic carbocycles. The fraction of sp³-hybridized carbons (Fsp3) is 0.429. The molecular weight excluding hydrogens is 805 g/mol. The van der Waals surface area contributed by atoms with Gasteiger partial charge in [0.25, 0.3) is 11.8 Å². The van der Waals surface area contributed by atoms with Crippen molar-refractivity contribution in [2.75, 3.05) is 30.3 Å². The van der Waals surface area contributed by atoms with Gasteiger partial charge in [0, 0.05) is 72.2 Å². The number of nitrogens with zero attached hydrogens (tertiary/aromatic N) is 6. The van der Waals surface area contributed by atoms with Gasteiger partial charge < -0.3 is 15.4 Å². The molecule has 0 spiro atoms. The minimum atomic E-state index is -1.10. The van der Waals surface area contributed by atoms with Gasteiger partial charge in [-0.15, -0.1) is 0 Å². The Morgan fingerprint density at radius 2 is 1.61 bits per heavy atom. The summed E-state index contributed by atoms with van der Waals surface area (Å²) in [6, 6.07) is 6.44. The predicted molar refractivity (Wildman–Crippen MR) is 215 cm³/mol. The first kappa shape index (κ1) is 39.3. The maximum atomic E-state index is 15.8. The van der Waals surface area contributed by atoms with Crippen LogP contribution in [0.4, 0.5) is 20.3 Å². The van der Waals surface area contributed by atoms with Crippen LogP contribution in [-0.4, -0.2) is 86.0 Å². The number of piperazine rings is 1. The van der Waals surface area contributed by atoms with Crippen LogP contribution in [0.3, 0.4) is 0 Å². The molecule has 4 saturated heterocycles. The summed E-state index contributed by atoms with van der Waals surface area (Å²) >= 11 is 12.5. The van der Waals surface area contributed by atoms with Crippen molar-refractivity contribution in [2.24, 2.45) is 5.92 Å². The zero-order valence-electron chi connectivity index (χ0n) is 32.2. The van der Waals surface area contributed by atoms with Crippen LogP contribution >= 0.6 is 23.2 Å². The van der Waals surface area contributed by atoms with Crippen molar-refractivity contribution in [1.29, 1.82) is 0 Å². The Balaban J connectivity index is 0.807. The van der Waals surface area contributed by atoms with Crippen LogP contribution in [0, 0.1) is 17.6 Å². The zero-order valence-corrected chi connectivity index (χ0v) is 33.7. The van der Waals surface area contributed by atoms with E-state index in [1.54, 1.807) is 25.4 Å². The van der Waals surface area contributed by atoms with Crippen molar-refractivity contribution in [1.82, 2.24) is 29.9 Å². The number of benzene rings is 2. The van der Waals surface area contributed by atoms with Crippen molar-refractivity contribution in [3.8, 4) is 16.9 Å². The normalized spacial score (nSPS) is 25.1. The molecule has 6 aliphatic rings. The summed E-state index contributed by atoms with van der Waals surface area (Å²) in [5.74, 6) is -2.67. The number of nitrogen functional groups attached to an aromatic ring is 1. The minimum Gasteiger partial charge on any atom is -0.482 e. The van der Waals surface area contributed by atoms with Gasteiger partial charge in [-0.1, -0.05) is 23.2 Å². The number of aromatic nitrogens is 3. The average molecular weight is 848 g/mol. The number of carbonyl (C=O) groups excluding carboxylic acids is 4. The number of imide groups is 2. The lowest BCUT2D eigenvalue weighted by Gasteiger charge is -2.53. The molecule has 5 fully saturated rings. The van der Waals surface area contributed by atoms with Crippen LogP contribution in [0.15, 0.2) is 48.9 Å². The number of ether oxygens (including phenoxy) is 1. The molecule has 3 N–H and O–H groups in total. The first-order chi connectivity index (χ1) is 28.3. The second-order valence-electron chi connectivity index (χ2n) is 16.3. The van der Waals surface area contributed by atoms with E-state index < -0.39 is 47.4 Å². The smallest absolute Gasteiger partial charge is 0.262 e. The number of carbonyl (C=O) groups is 4. The number of amides is 4. The zero-order chi connectivity index (χ0) is 41.3. The monoisotopic (exact) mass is 846 g/mol. The predicted octanol–water partition coefficient (Wildman–Crippen LogP) is 6.74. The molecule has 1 saturated carbocycles. The molecule has 59 heavy (non-hydrogen) atoms. The second kappa shape index (κ2) is 15.5. The van der Waals surface area contributed by atoms with Gasteiger partial charge in [0.1, 0.15) is 23.8 Å². The van der Waals surface area contributed by atoms with Gasteiger partial charge in [-0.3, -0.25) is 39.0 Å². The highest BCUT2D eigenvalue weighted by Crippen LogP contribution is 2.41. The minimum absolute atomic E-state index is 0.0147. The lowest BCUT2D eigenvalue weighted by atomic mass is 9.83. The summed E-state index contributed by atoms with van der Waals surface area (Å²) in [5, 5.41) is 7.08. The first-order valence-corrected chi connectivity index (χ1v) is 20.8. The number of hydrogen-bond acceptors (Lipinski definition) is 10. The van der Waals surface area contributed by atoms with Gasteiger partial charge in [-0.2, -0.15) is 5.10 Å². The molecule has 4 amide bonds. The highest BCUT2D eigenvalue weighted by atomic mass is 35.5. The Labute approximate surface area is 348 Å². The van der Waals surface area contributed by atoms with Gasteiger partial charge in [0.05, 0.1) is 34.1 Å². The summed E-state index contributed by atoms with van der Waals surface area (Å²) in [4.78, 5) is 60.7. The average Bonchev–Trinajstić information content (AvgIpc) is 3.80. The number of piperidine rings is 3. The van der Waals surface area contributed by atoms with E-state index >= 15 is 4.39 Å². The summed E-state index contributed by atoms with van der Waals surface area (Å²) in [5.41, 5.74) is 8.44. The highest BCUT2D eigenvalue weighted by Gasteiger charge is 2.47. The highest BCUT2D eigenvalue weighted by molar-refractivity contribution is 6.36. The van der Waals surface area contributed by atoms with E-state index in [2.05, 4.69) is 15.2 Å². The number of anilines is 2. The number of nitrogens with one attached hydrogen (secondary N) is 1. The van der Waals surface area contributed by atoms with Crippen LogP contribution in [0.2, 0.25) is 10.0 Å². The summed E-state index contributed by atoms with van der Waals surface area (Å²) in [7, 11) is 0. The molecule has 7 heterocycles. The number of nitrogens with two attached hydrogens (primary N) is 1. The quantitative estimate of drug-likeness (QED) is 0.137. The number of fused-ring (bicyclic) bond motifs is 4. The standard InChI is InChI=1S/C42H42Cl2F2N8O5/c1-21(37-30(43)8-9-31(45)38(37)44)59-35-12-23(15-48-39(35)47)24-16-49-53(18-24)25-4-2-22(3-5-25)17-51-19-27-7-6-26(51)20-52(27)34-14-29-28(13-32(34)46)41(57)54(42(29)58)33-10-11-36(55)50-40(33)56/h8-9,12-16,18,21-22,25-27,33H,2-7,10-11,17,19-20H2,1H3,(H2,47,48)(H,50,55,56). The molecule has 13 nitrogen and oxygen atoms in total. The second-order valence-corrected chi connectivity index (χ2v) is 17.1. The fourth-order valence-corrected chi connectivity index (χ4v) is 10.3. The maximum Gasteiger partial charge on any atom is 0.262 e. The largest absolute Gasteiger partial charge is 0.482 e. The number of rotatable bonds is 9. The maximum absolute atomic E-state index is 15.8. The van der Waals surface area contributed by atoms with E-state index in [0.29, 0.717) is 29.5 Å². The third-order valence-electron chi connectivity index (χ3n) is 12.7. The van der Waals surface area contributed by atoms with Crippen LogP contribution in [0.25, 0.3) is 11.1 Å². The van der Waals surface area contributed by atoms with Crippen molar-refractivity contribution in [3.05, 3.63) is 87.3 Å². The molecule has 4 aromatic rings. The molecule has 17 heteroatoms. The van der Waals surface area contributed by atoms with Crippen molar-refractivity contribution < 1.29 is 32.7 Å². The van der Waals surface area contributed by atoms with Gasteiger partial charge in [-0.25, -0.2) is 13.8 Å². The van der Waals surface area contributed by atoms with E-state index in [1.807, 2.05) is 15.8 Å². The van der Waals surface area contributed by atoms with E-state index in [0.717, 1.165) is 73.7 Å². The number of pyridine rings is 1. The first-order valence-electron chi connectivity index (χ1n) is 20.0. The van der Waals surface area contributed by atoms with Crippen molar-refractivity contribution in [3.63, 3.8) is 0 Å². The van der Waals surface area contributed by atoms with Gasteiger partial charge in [0.2, 0.25) is 11.8 Å². The molecule has 308 valence electrons. The van der Waals surface area contributed by atoms with E-state index in [9.17, 15) is 23.6 Å². The summed E-state index contributed by atoms with van der Waals surface area (Å²) < 4.78 is 38.1. The van der Waals surface area contributed by atoms with E-state index in [4.69, 9.17) is 38.8 Å². The molecule has 1 aliphatic carbocycles. The lowest BCUT2D eigenvalue weighted by molar-refractivity contribution is -0.136. The molecule has 2 bridgehead atoms. The van der Waals surface area contributed by atoms with Crippen LogP contribution in [0.1, 0.15) is 96.7 Å². The Morgan fingerprint density at radius 3 is 2.34 bits per heavy atom. The summed E-state index contributed by atoms with van der Waals surface area (Å²) in [6.45, 7) is 4.06. The van der Waals surface area contributed by atoms with Crippen LogP contribution < -0.4 is 20.7 Å². The Bertz CT molecular complexity index is 2390. The third kappa shape index (κ3) is 7.20.